The molecular formula is C12H21INO5P. The average molecular weight is 417 g/mol. The Kier molecular flexibility index (Phi) is 7.48. The summed E-state index contributed by atoms with van der Waals surface area (Å²) >= 11 is 0. The highest BCUT2D eigenvalue weighted by molar-refractivity contribution is 7.51. The number of para-hydroxylation sites is 1. The SMILES string of the molecule is C[N+](C)(CCCP(=O)(O)O)Cc1cccc(O)c1O.[I-]. The number of nitrogens with zero attached hydrogens (tertiary/aromatic N) is 1. The molecule has 0 saturated carbocycles. The van der Waals surface area contributed by atoms with Crippen molar-refractivity contribution in [2.45, 2.75) is 13.0 Å². The first kappa shape index (κ1) is 19.7. The zero-order valence-electron chi connectivity index (χ0n) is 11.5. The molecule has 1 aromatic carbocycles. The number of hydrogen-bond acceptors (Lipinski definition) is 3. The summed E-state index contributed by atoms with van der Waals surface area (Å²) in [5, 5.41) is 19.2. The van der Waals surface area contributed by atoms with Gasteiger partial charge in [-0.2, -0.15) is 0 Å². The Bertz CT molecular complexity index is 489. The molecule has 0 amide bonds. The van der Waals surface area contributed by atoms with Crippen LogP contribution in [0, 0.1) is 0 Å². The zero-order valence-corrected chi connectivity index (χ0v) is 14.6. The van der Waals surface area contributed by atoms with Crippen molar-refractivity contribution >= 4 is 7.60 Å². The lowest BCUT2D eigenvalue weighted by atomic mass is 10.1. The van der Waals surface area contributed by atoms with Gasteiger partial charge in [0.1, 0.15) is 6.54 Å². The van der Waals surface area contributed by atoms with Gasteiger partial charge in [-0.3, -0.25) is 4.57 Å². The maximum absolute atomic E-state index is 10.8. The van der Waals surface area contributed by atoms with Gasteiger partial charge in [-0.1, -0.05) is 6.07 Å². The van der Waals surface area contributed by atoms with Gasteiger partial charge in [0.05, 0.1) is 32.4 Å². The topological polar surface area (TPSA) is 98.0 Å². The van der Waals surface area contributed by atoms with Gasteiger partial charge in [-0.15, -0.1) is 0 Å². The quantitative estimate of drug-likeness (QED) is 0.191. The summed E-state index contributed by atoms with van der Waals surface area (Å²) in [7, 11) is -0.139. The van der Waals surface area contributed by atoms with Crippen LogP contribution in [0.1, 0.15) is 12.0 Å². The molecule has 20 heavy (non-hydrogen) atoms. The molecule has 116 valence electrons. The van der Waals surface area contributed by atoms with Crippen molar-refractivity contribution < 1.29 is 53.0 Å². The van der Waals surface area contributed by atoms with Gasteiger partial charge in [0.25, 0.3) is 0 Å². The zero-order chi connectivity index (χ0) is 14.7. The van der Waals surface area contributed by atoms with Crippen LogP contribution in [0.2, 0.25) is 0 Å². The Labute approximate surface area is 135 Å². The Hall–Kier alpha value is -0.340. The average Bonchev–Trinajstić information content (AvgIpc) is 2.22. The molecule has 6 nitrogen and oxygen atoms in total. The van der Waals surface area contributed by atoms with E-state index in [1.165, 1.54) is 6.07 Å². The van der Waals surface area contributed by atoms with Crippen molar-refractivity contribution in [2.24, 2.45) is 0 Å². The molecule has 0 radical (unpaired) electrons. The highest BCUT2D eigenvalue weighted by atomic mass is 127. The van der Waals surface area contributed by atoms with E-state index in [1.54, 1.807) is 12.1 Å². The van der Waals surface area contributed by atoms with Gasteiger partial charge in [0.2, 0.25) is 0 Å². The summed E-state index contributed by atoms with van der Waals surface area (Å²) in [6, 6.07) is 4.78. The van der Waals surface area contributed by atoms with Crippen LogP contribution in [0.25, 0.3) is 0 Å². The van der Waals surface area contributed by atoms with Crippen molar-refractivity contribution in [3.8, 4) is 11.5 Å². The highest BCUT2D eigenvalue weighted by Crippen LogP contribution is 2.35. The van der Waals surface area contributed by atoms with Crippen molar-refractivity contribution in [3.63, 3.8) is 0 Å². The van der Waals surface area contributed by atoms with Crippen molar-refractivity contribution in [1.82, 2.24) is 0 Å². The lowest BCUT2D eigenvalue weighted by Crippen LogP contribution is -3.00. The van der Waals surface area contributed by atoms with E-state index in [9.17, 15) is 14.8 Å². The van der Waals surface area contributed by atoms with Gasteiger partial charge < -0.3 is 48.5 Å². The second-order valence-electron chi connectivity index (χ2n) is 5.34. The van der Waals surface area contributed by atoms with Crippen LogP contribution in [0.3, 0.4) is 0 Å². The number of rotatable bonds is 6. The highest BCUT2D eigenvalue weighted by Gasteiger charge is 2.21. The first-order valence-electron chi connectivity index (χ1n) is 5.97. The molecule has 0 atom stereocenters. The molecule has 0 aliphatic heterocycles. The number of quaternary nitrogens is 1. The van der Waals surface area contributed by atoms with Gasteiger partial charge >= 0.3 is 7.60 Å². The summed E-state index contributed by atoms with van der Waals surface area (Å²) in [5.41, 5.74) is 0.612. The summed E-state index contributed by atoms with van der Waals surface area (Å²) in [4.78, 5) is 17.6. The number of phenols is 2. The minimum atomic E-state index is -3.95. The fourth-order valence-corrected chi connectivity index (χ4v) is 2.50. The standard InChI is InChI=1S/C12H20NO5P.HI/c1-13(2,7-4-8-19(16,17)18)9-10-5-3-6-11(14)12(10)15;/h3,5-6H,4,7-9H2,1-2H3,(H3-,14,15,16,17,18);1H. The monoisotopic (exact) mass is 417 g/mol. The van der Waals surface area contributed by atoms with Crippen molar-refractivity contribution in [1.29, 1.82) is 0 Å². The Morgan fingerprint density at radius 2 is 1.80 bits per heavy atom. The summed E-state index contributed by atoms with van der Waals surface area (Å²) in [6.07, 6.45) is 0.261. The fourth-order valence-electron chi connectivity index (χ4n) is 1.95. The van der Waals surface area contributed by atoms with E-state index in [2.05, 4.69) is 0 Å². The summed E-state index contributed by atoms with van der Waals surface area (Å²) in [5.74, 6) is -0.295. The molecule has 0 bridgehead atoms. The molecule has 1 aromatic rings. The fraction of sp³-hybridized carbons (Fsp3) is 0.500. The number of hydrogen-bond donors (Lipinski definition) is 4. The van der Waals surface area contributed by atoms with Gasteiger partial charge in [0.15, 0.2) is 11.5 Å². The Balaban J connectivity index is 0.00000361. The third kappa shape index (κ3) is 6.90. The molecule has 0 heterocycles. The molecule has 0 saturated heterocycles. The molecule has 4 N–H and O–H groups in total. The van der Waals surface area contributed by atoms with E-state index >= 15 is 0 Å². The number of phenolic OH excluding ortho intramolecular Hbond substituents is 2. The van der Waals surface area contributed by atoms with Crippen molar-refractivity contribution in [3.05, 3.63) is 23.8 Å². The minimum Gasteiger partial charge on any atom is -1.00 e. The van der Waals surface area contributed by atoms with Crippen molar-refractivity contribution in [2.75, 3.05) is 26.8 Å². The summed E-state index contributed by atoms with van der Waals surface area (Å²) < 4.78 is 11.3. The molecular weight excluding hydrogens is 396 g/mol. The molecule has 0 aromatic heterocycles. The minimum absolute atomic E-state index is 0. The number of halogens is 1. The van der Waals surface area contributed by atoms with Crippen LogP contribution in [-0.2, 0) is 11.1 Å². The maximum Gasteiger partial charge on any atom is 0.325 e. The molecule has 0 unspecified atom stereocenters. The molecule has 0 spiro atoms. The first-order valence-corrected chi connectivity index (χ1v) is 7.77. The van der Waals surface area contributed by atoms with E-state index in [0.717, 1.165) is 0 Å². The van der Waals surface area contributed by atoms with Gasteiger partial charge in [0, 0.05) is 6.42 Å². The second-order valence-corrected chi connectivity index (χ2v) is 7.12. The predicted octanol–water partition coefficient (Wildman–Crippen LogP) is -1.75. The predicted molar refractivity (Wildman–Crippen MR) is 72.0 cm³/mol. The first-order chi connectivity index (χ1) is 8.61. The smallest absolute Gasteiger partial charge is 0.325 e. The Morgan fingerprint density at radius 3 is 2.35 bits per heavy atom. The Morgan fingerprint density at radius 1 is 1.20 bits per heavy atom. The number of benzene rings is 1. The van der Waals surface area contributed by atoms with E-state index < -0.39 is 7.60 Å². The normalized spacial score (nSPS) is 12.0. The van der Waals surface area contributed by atoms with Gasteiger partial charge in [-0.25, -0.2) is 0 Å². The molecule has 0 aliphatic rings. The van der Waals surface area contributed by atoms with Crippen LogP contribution in [0.5, 0.6) is 11.5 Å². The molecule has 0 aliphatic carbocycles. The second kappa shape index (κ2) is 7.61. The van der Waals surface area contributed by atoms with E-state index in [-0.39, 0.29) is 41.6 Å². The van der Waals surface area contributed by atoms with E-state index in [1.807, 2.05) is 14.1 Å². The summed E-state index contributed by atoms with van der Waals surface area (Å²) in [6.45, 7) is 1.04. The lowest BCUT2D eigenvalue weighted by molar-refractivity contribution is -0.903. The van der Waals surface area contributed by atoms with E-state index in [4.69, 9.17) is 9.79 Å². The third-order valence-corrected chi connectivity index (χ3v) is 3.81. The molecule has 1 rings (SSSR count). The third-order valence-electron chi connectivity index (χ3n) is 2.91. The van der Waals surface area contributed by atoms with Crippen LogP contribution < -0.4 is 24.0 Å². The van der Waals surface area contributed by atoms with Crippen LogP contribution in [-0.4, -0.2) is 51.3 Å². The lowest BCUT2D eigenvalue weighted by Gasteiger charge is -2.30. The molecule has 8 heteroatoms. The number of aromatic hydroxyl groups is 2. The maximum atomic E-state index is 10.8. The molecule has 0 fully saturated rings. The van der Waals surface area contributed by atoms with Crippen LogP contribution >= 0.6 is 7.60 Å². The van der Waals surface area contributed by atoms with Crippen LogP contribution in [0.4, 0.5) is 0 Å². The van der Waals surface area contributed by atoms with Crippen LogP contribution in [0.15, 0.2) is 18.2 Å². The largest absolute Gasteiger partial charge is 1.00 e. The van der Waals surface area contributed by atoms with E-state index in [0.29, 0.717) is 29.6 Å². The van der Waals surface area contributed by atoms with Gasteiger partial charge in [-0.05, 0) is 12.1 Å².